The molecule has 12 heteroatoms. The van der Waals surface area contributed by atoms with Crippen molar-refractivity contribution in [2.24, 2.45) is 0 Å². The van der Waals surface area contributed by atoms with E-state index in [1.54, 1.807) is 6.92 Å². The maximum atomic E-state index is 11.6. The highest BCUT2D eigenvalue weighted by Crippen LogP contribution is 2.20. The van der Waals surface area contributed by atoms with Crippen LogP contribution < -0.4 is 0 Å². The van der Waals surface area contributed by atoms with Crippen molar-refractivity contribution in [1.82, 2.24) is 0 Å². The van der Waals surface area contributed by atoms with Gasteiger partial charge in [0.05, 0.1) is 19.3 Å². The molecule has 0 aliphatic rings. The van der Waals surface area contributed by atoms with Crippen molar-refractivity contribution >= 4 is 34.2 Å². The Balaban J connectivity index is -0.000000145. The molecular weight excluding hydrogens is 405 g/mol. The van der Waals surface area contributed by atoms with E-state index < -0.39 is 35.4 Å². The first-order chi connectivity index (χ1) is 10.7. The number of hydrogen-bond donors (Lipinski definition) is 0. The summed E-state index contributed by atoms with van der Waals surface area (Å²) in [4.78, 5) is 19.4. The van der Waals surface area contributed by atoms with Gasteiger partial charge in [0.25, 0.3) is 0 Å². The fourth-order valence-electron chi connectivity index (χ4n) is 0.619. The Morgan fingerprint density at radius 2 is 1.48 bits per heavy atom. The lowest BCUT2D eigenvalue weighted by molar-refractivity contribution is -0.172. The number of rotatable bonds is 6. The molecule has 0 amide bonds. The zero-order valence-electron chi connectivity index (χ0n) is 12.6. The summed E-state index contributed by atoms with van der Waals surface area (Å²) in [6.45, 7) is 7.73. The Bertz CT molecular complexity index is 373. The van der Waals surface area contributed by atoms with Gasteiger partial charge in [-0.3, -0.25) is 9.59 Å². The fourth-order valence-corrected chi connectivity index (χ4v) is 0.885. The third-order valence-electron chi connectivity index (χ3n) is 1.52. The average molecular weight is 425 g/mol. The van der Waals surface area contributed by atoms with Crippen molar-refractivity contribution in [3.05, 3.63) is 12.8 Å². The summed E-state index contributed by atoms with van der Waals surface area (Å²) in [6.07, 6.45) is -9.09. The van der Waals surface area contributed by atoms with Crippen LogP contribution >= 0.6 is 23.2 Å². The molecule has 0 fully saturated rings. The van der Waals surface area contributed by atoms with Gasteiger partial charge in [-0.15, -0.1) is 0 Å². The van der Waals surface area contributed by atoms with Crippen LogP contribution in [-0.2, 0) is 19.1 Å². The summed E-state index contributed by atoms with van der Waals surface area (Å²) in [5, 5.41) is -2.28. The second kappa shape index (κ2) is 16.5. The van der Waals surface area contributed by atoms with Gasteiger partial charge >= 0.3 is 17.6 Å². The number of alkyl halides is 7. The molecule has 0 radical (unpaired) electrons. The molecule has 0 aliphatic carbocycles. The largest absolute Gasteiger partial charge is 0.502 e. The average Bonchev–Trinajstić information content (AvgIpc) is 2.39. The number of halogens is 8. The lowest BCUT2D eigenvalue weighted by Gasteiger charge is -2.09. The summed E-state index contributed by atoms with van der Waals surface area (Å²) >= 11 is 9.23. The first kappa shape index (κ1) is 31.7. The minimum atomic E-state index is -4.87. The summed E-state index contributed by atoms with van der Waals surface area (Å²) in [5.41, 5.74) is -1.19. The van der Waals surface area contributed by atoms with E-state index in [4.69, 9.17) is 16.4 Å². The van der Waals surface area contributed by atoms with Crippen LogP contribution in [0.15, 0.2) is 12.8 Å². The van der Waals surface area contributed by atoms with E-state index >= 15 is 0 Å². The van der Waals surface area contributed by atoms with Crippen molar-refractivity contribution in [1.29, 1.82) is 0 Å². The first-order valence-electron chi connectivity index (χ1n) is 6.08. The van der Waals surface area contributed by atoms with E-state index in [2.05, 4.69) is 27.7 Å². The molecule has 0 saturated carbocycles. The van der Waals surface area contributed by atoms with Gasteiger partial charge < -0.3 is 9.47 Å². The van der Waals surface area contributed by atoms with Gasteiger partial charge in [0.15, 0.2) is 0 Å². The molecule has 0 aromatic carbocycles. The molecule has 0 bridgehead atoms. The molecule has 0 rings (SSSR count). The van der Waals surface area contributed by atoms with Crippen LogP contribution in [0, 0.1) is 0 Å². The van der Waals surface area contributed by atoms with E-state index in [0.717, 1.165) is 6.61 Å². The lowest BCUT2D eigenvalue weighted by Crippen LogP contribution is -2.26. The number of carbonyl (C=O) groups is 2. The molecule has 0 saturated heterocycles. The number of carbonyl (C=O) groups excluding carboxylic acids is 2. The Hall–Kier alpha value is -1.00. The van der Waals surface area contributed by atoms with Gasteiger partial charge in [-0.2, -0.15) is 26.3 Å². The van der Waals surface area contributed by atoms with Gasteiger partial charge in [-0.1, -0.05) is 25.6 Å². The Morgan fingerprint density at radius 3 is 1.64 bits per heavy atom. The summed E-state index contributed by atoms with van der Waals surface area (Å²) < 4.78 is 76.0. The second-order valence-electron chi connectivity index (χ2n) is 3.38. The summed E-state index contributed by atoms with van der Waals surface area (Å²) in [6, 6.07) is 0. The molecule has 0 heterocycles. The number of hydrogen-bond acceptors (Lipinski definition) is 4. The van der Waals surface area contributed by atoms with E-state index in [-0.39, 0.29) is 14.0 Å². The number of Topliss-reactive ketones (excluding diaryl/α,β-unsaturated/α-hetero) is 1. The van der Waals surface area contributed by atoms with Gasteiger partial charge in [0.2, 0.25) is 5.78 Å². The topological polar surface area (TPSA) is 52.6 Å². The maximum absolute atomic E-state index is 11.6. The molecule has 0 spiro atoms. The minimum Gasteiger partial charge on any atom is -0.502 e. The maximum Gasteiger partial charge on any atom is 0.466 e. The Kier molecular flexibility index (Phi) is 20.9. The predicted octanol–water partition coefficient (Wildman–Crippen LogP) is 5.23. The molecular formula is C13H20Cl2F6O4. The monoisotopic (exact) mass is 424 g/mol. The van der Waals surface area contributed by atoms with E-state index in [9.17, 15) is 31.1 Å². The van der Waals surface area contributed by atoms with E-state index in [0.29, 0.717) is 0 Å². The fraction of sp³-hybridized carbons (Fsp3) is 0.692. The molecule has 1 unspecified atom stereocenters. The van der Waals surface area contributed by atoms with E-state index in [1.165, 1.54) is 6.26 Å². The quantitative estimate of drug-likeness (QED) is 0.253. The molecule has 4 nitrogen and oxygen atoms in total. The number of ketones is 1. The lowest BCUT2D eigenvalue weighted by atomic mass is 10.3. The van der Waals surface area contributed by atoms with Crippen LogP contribution in [0.4, 0.5) is 26.3 Å². The normalized spacial score (nSPS) is 11.4. The van der Waals surface area contributed by atoms with Gasteiger partial charge in [0, 0.05) is 6.61 Å². The zero-order chi connectivity index (χ0) is 20.0. The SMILES string of the molecule is C.C=COCC.CCOC(Cl)CC(=O)C(F)(F)F.O=C(Cl)C(F)(F)F. The van der Waals surface area contributed by atoms with Crippen LogP contribution in [0.25, 0.3) is 0 Å². The van der Waals surface area contributed by atoms with Crippen LogP contribution in [0.2, 0.25) is 0 Å². The van der Waals surface area contributed by atoms with E-state index in [1.807, 2.05) is 6.92 Å². The van der Waals surface area contributed by atoms with Crippen molar-refractivity contribution < 1.29 is 45.4 Å². The van der Waals surface area contributed by atoms with Crippen LogP contribution in [0.5, 0.6) is 0 Å². The zero-order valence-corrected chi connectivity index (χ0v) is 14.2. The van der Waals surface area contributed by atoms with Crippen LogP contribution in [-0.4, -0.2) is 42.2 Å². The van der Waals surface area contributed by atoms with Crippen molar-refractivity contribution in [3.63, 3.8) is 0 Å². The summed E-state index contributed by atoms with van der Waals surface area (Å²) in [7, 11) is 0. The second-order valence-corrected chi connectivity index (χ2v) is 4.21. The molecule has 0 N–H and O–H groups in total. The molecule has 25 heavy (non-hydrogen) atoms. The third kappa shape index (κ3) is 25.4. The van der Waals surface area contributed by atoms with Crippen molar-refractivity contribution in [2.75, 3.05) is 13.2 Å². The Morgan fingerprint density at radius 1 is 1.08 bits per heavy atom. The highest BCUT2D eigenvalue weighted by Gasteiger charge is 2.39. The molecule has 1 atom stereocenters. The summed E-state index contributed by atoms with van der Waals surface area (Å²) in [5.74, 6) is -1.86. The molecule has 152 valence electrons. The first-order valence-corrected chi connectivity index (χ1v) is 6.90. The minimum absolute atomic E-state index is 0. The van der Waals surface area contributed by atoms with Gasteiger partial charge in [-0.05, 0) is 25.4 Å². The third-order valence-corrected chi connectivity index (χ3v) is 2.01. The smallest absolute Gasteiger partial charge is 0.466 e. The van der Waals surface area contributed by atoms with Gasteiger partial charge in [-0.25, -0.2) is 0 Å². The number of ether oxygens (including phenoxy) is 2. The van der Waals surface area contributed by atoms with Crippen LogP contribution in [0.1, 0.15) is 27.7 Å². The predicted molar refractivity (Wildman–Crippen MR) is 82.4 cm³/mol. The van der Waals surface area contributed by atoms with Crippen molar-refractivity contribution in [3.8, 4) is 0 Å². The van der Waals surface area contributed by atoms with Crippen molar-refractivity contribution in [2.45, 2.75) is 45.6 Å². The highest BCUT2D eigenvalue weighted by molar-refractivity contribution is 6.64. The highest BCUT2D eigenvalue weighted by atomic mass is 35.5. The molecule has 0 aromatic heterocycles. The molecule has 0 aliphatic heterocycles. The van der Waals surface area contributed by atoms with Gasteiger partial charge in [0.1, 0.15) is 5.56 Å². The van der Waals surface area contributed by atoms with Crippen LogP contribution in [0.3, 0.4) is 0 Å². The Labute approximate surface area is 152 Å². The molecule has 0 aromatic rings. The standard InChI is InChI=1S/C6H8ClF3O2.C4H8O.C2ClF3O.CH4/c1-2-12-5(7)3-4(11)6(8,9)10;1-3-5-4-2;3-1(7)2(4,5)6;/h5H,2-3H2,1H3;3H,1,4H2,2H3;;1H4.